The summed E-state index contributed by atoms with van der Waals surface area (Å²) in [4.78, 5) is 0. The minimum atomic E-state index is -1.64. The fraction of sp³-hybridized carbons (Fsp3) is 0.667. The van der Waals surface area contributed by atoms with Gasteiger partial charge >= 0.3 is 21.7 Å². The Hall–Kier alpha value is 0.985. The Morgan fingerprint density at radius 2 is 1.52 bits per heavy atom. The molecule has 0 spiro atoms. The van der Waals surface area contributed by atoms with Crippen LogP contribution in [0.25, 0.3) is 0 Å². The Labute approximate surface area is 162 Å². The van der Waals surface area contributed by atoms with Gasteiger partial charge in [0.25, 0.3) is 0 Å². The first-order chi connectivity index (χ1) is 8.23. The maximum absolute atomic E-state index is 6.27. The number of halogens is 2. The molecule has 3 nitrogen and oxygen atoms in total. The van der Waals surface area contributed by atoms with E-state index in [9.17, 15) is 0 Å². The summed E-state index contributed by atoms with van der Waals surface area (Å²) in [5.41, 5.74) is 0.638. The Balaban J connectivity index is -0.00000108. The molecule has 1 aliphatic carbocycles. The Morgan fingerprint density at radius 1 is 1.05 bits per heavy atom. The molecule has 0 saturated heterocycles. The first-order valence-corrected chi connectivity index (χ1v) is 13.9. The zero-order valence-corrected chi connectivity index (χ0v) is 20.8. The molecular weight excluding hydrogens is 395 g/mol. The molecule has 1 unspecified atom stereocenters. The van der Waals surface area contributed by atoms with Gasteiger partial charge in [-0.1, -0.05) is 12.5 Å². The van der Waals surface area contributed by atoms with Gasteiger partial charge in [-0.3, -0.25) is 0 Å². The Morgan fingerprint density at radius 3 is 1.90 bits per heavy atom. The molecule has 1 rings (SSSR count). The van der Waals surface area contributed by atoms with E-state index in [1.165, 1.54) is 0 Å². The largest absolute Gasteiger partial charge is 3.00 e. The van der Waals surface area contributed by atoms with Gasteiger partial charge in [0, 0.05) is 5.60 Å². The van der Waals surface area contributed by atoms with Gasteiger partial charge in [-0.2, -0.15) is 6.08 Å². The quantitative estimate of drug-likeness (QED) is 0.323. The summed E-state index contributed by atoms with van der Waals surface area (Å²) in [6.07, 6.45) is 3.37. The van der Waals surface area contributed by atoms with Crippen LogP contribution in [0.15, 0.2) is 17.1 Å². The van der Waals surface area contributed by atoms with Gasteiger partial charge in [-0.25, -0.2) is 0 Å². The maximum atomic E-state index is 6.27. The molecule has 9 heteroatoms. The normalized spacial score (nSPS) is 22.0. The van der Waals surface area contributed by atoms with Crippen LogP contribution in [0.2, 0.25) is 32.7 Å². The van der Waals surface area contributed by atoms with Crippen molar-refractivity contribution < 1.29 is 59.8 Å². The van der Waals surface area contributed by atoms with Crippen LogP contribution in [0.4, 0.5) is 0 Å². The second-order valence-corrected chi connectivity index (χ2v) is 11.7. The van der Waals surface area contributed by atoms with E-state index in [0.29, 0.717) is 0 Å². The van der Waals surface area contributed by atoms with Gasteiger partial charge in [0.2, 0.25) is 9.76 Å². The van der Waals surface area contributed by atoms with Crippen LogP contribution in [-0.4, -0.2) is 33.4 Å². The molecule has 0 aromatic carbocycles. The summed E-state index contributed by atoms with van der Waals surface area (Å²) in [5, 5.41) is 0. The van der Waals surface area contributed by atoms with Crippen LogP contribution in [0.1, 0.15) is 13.8 Å². The van der Waals surface area contributed by atoms with Gasteiger partial charge in [-0.05, 0) is 51.2 Å². The monoisotopic (exact) mass is 419 g/mol. The molecule has 0 saturated carbocycles. The minimum absolute atomic E-state index is 0. The van der Waals surface area contributed by atoms with Crippen molar-refractivity contribution in [2.45, 2.75) is 52.2 Å². The summed E-state index contributed by atoms with van der Waals surface area (Å²) >= 11 is 0. The predicted molar refractivity (Wildman–Crippen MR) is 83.3 cm³/mol. The fourth-order valence-corrected chi connectivity index (χ4v) is 4.59. The molecule has 0 heterocycles. The third kappa shape index (κ3) is 7.39. The van der Waals surface area contributed by atoms with E-state index in [4.69, 9.17) is 13.3 Å². The van der Waals surface area contributed by atoms with Gasteiger partial charge in [-0.15, -0.1) is 0 Å². The van der Waals surface area contributed by atoms with Crippen molar-refractivity contribution in [1.82, 2.24) is 0 Å². The van der Waals surface area contributed by atoms with Crippen LogP contribution < -0.4 is 24.8 Å². The van der Waals surface area contributed by atoms with E-state index in [0.717, 1.165) is 17.1 Å². The van der Waals surface area contributed by atoms with Crippen LogP contribution in [0, 0.1) is 6.08 Å². The number of hydrogen-bond donors (Lipinski definition) is 0. The van der Waals surface area contributed by atoms with Gasteiger partial charge in [0.05, 0.1) is 0 Å². The molecule has 21 heavy (non-hydrogen) atoms. The Kier molecular flexibility index (Phi) is 13.7. The van der Waals surface area contributed by atoms with Gasteiger partial charge in [0.1, 0.15) is 0 Å². The maximum Gasteiger partial charge on any atom is 3.00 e. The molecule has 0 amide bonds. The fourth-order valence-electron chi connectivity index (χ4n) is 2.03. The predicted octanol–water partition coefficient (Wildman–Crippen LogP) is -4.13. The summed E-state index contributed by atoms with van der Waals surface area (Å²) in [7, 11) is -2.67. The molecule has 1 aliphatic rings. The topological polar surface area (TPSA) is 27.7 Å². The van der Waals surface area contributed by atoms with E-state index >= 15 is 0 Å². The summed E-state index contributed by atoms with van der Waals surface area (Å²) in [6.45, 7) is 14.9. The van der Waals surface area contributed by atoms with Crippen molar-refractivity contribution in [3.63, 3.8) is 0 Å². The molecule has 1 radical (unpaired) electrons. The van der Waals surface area contributed by atoms with Crippen LogP contribution in [0.3, 0.4) is 0 Å². The average molecular weight is 420 g/mol. The van der Waals surface area contributed by atoms with Crippen LogP contribution >= 0.6 is 0 Å². The summed E-state index contributed by atoms with van der Waals surface area (Å²) < 4.78 is 17.9. The van der Waals surface area contributed by atoms with Crippen molar-refractivity contribution >= 4 is 27.8 Å². The molecule has 0 aromatic heterocycles. The van der Waals surface area contributed by atoms with Gasteiger partial charge in [0.15, 0.2) is 18.1 Å². The summed E-state index contributed by atoms with van der Waals surface area (Å²) in [5.74, 6) is 1.68. The first kappa shape index (κ1) is 26.9. The third-order valence-corrected chi connectivity index (χ3v) is 4.88. The van der Waals surface area contributed by atoms with Crippen molar-refractivity contribution in [3.05, 3.63) is 23.2 Å². The van der Waals surface area contributed by atoms with E-state index < -0.39 is 33.4 Å². The molecule has 0 fully saturated rings. The van der Waals surface area contributed by atoms with Gasteiger partial charge < -0.3 is 38.1 Å². The number of hydrogen-bond acceptors (Lipinski definition) is 3. The molecule has 0 aromatic rings. The van der Waals surface area contributed by atoms with Crippen molar-refractivity contribution in [2.24, 2.45) is 0 Å². The molecule has 0 bridgehead atoms. The molecular formula is C12H25Cl2O3Si3Ti. The molecule has 121 valence electrons. The van der Waals surface area contributed by atoms with Crippen LogP contribution in [0.5, 0.6) is 0 Å². The first-order valence-electron chi connectivity index (χ1n) is 6.56. The molecule has 0 aliphatic heterocycles. The van der Waals surface area contributed by atoms with E-state index in [1.807, 2.05) is 0 Å². The van der Waals surface area contributed by atoms with Crippen molar-refractivity contribution in [1.29, 1.82) is 0 Å². The minimum Gasteiger partial charge on any atom is -1.00 e. The standard InChI is InChI=1S/C12H25O3Si3.2ClH.Ti/c1-9-11(14-17-4)10(13-16-3)8-12(9,2)15-18(5,6)7;;;/h16-17H2,1-7H3;2*1H;/q-1;;;+3/p-2. The summed E-state index contributed by atoms with van der Waals surface area (Å²) in [6, 6.07) is 0. The van der Waals surface area contributed by atoms with E-state index in [-0.39, 0.29) is 46.5 Å². The number of rotatable bonds is 6. The van der Waals surface area contributed by atoms with E-state index in [2.05, 4.69) is 52.7 Å². The zero-order valence-electron chi connectivity index (χ0n) is 13.9. The third-order valence-electron chi connectivity index (χ3n) is 2.70. The van der Waals surface area contributed by atoms with Crippen LogP contribution in [-0.2, 0) is 35.0 Å². The second kappa shape index (κ2) is 10.7. The average Bonchev–Trinajstić information content (AvgIpc) is 2.41. The molecule has 1 atom stereocenters. The van der Waals surface area contributed by atoms with Crippen molar-refractivity contribution in [3.8, 4) is 0 Å². The van der Waals surface area contributed by atoms with E-state index in [1.54, 1.807) is 0 Å². The molecule has 0 N–H and O–H groups in total. The van der Waals surface area contributed by atoms with Crippen molar-refractivity contribution in [2.75, 3.05) is 0 Å². The zero-order chi connectivity index (χ0) is 14.0. The second-order valence-electron chi connectivity index (χ2n) is 5.52. The Bertz CT molecular complexity index is 386. The smallest absolute Gasteiger partial charge is 1.00 e. The SMILES string of the molecule is C[SiH2]OC1=[C-]C(C)(O[Si](C)(C)C)C(C)=C1O[SiH2]C.[Cl-].[Cl-].[Ti+3].